The molecule has 1 aromatic carbocycles. The average molecular weight is 556 g/mol. The minimum absolute atomic E-state index is 0.00196. The zero-order chi connectivity index (χ0) is 27.2. The highest BCUT2D eigenvalue weighted by Crippen LogP contribution is 2.48. The van der Waals surface area contributed by atoms with E-state index < -0.39 is 0 Å². The molecular formula is C31H34ClN7O. The monoisotopic (exact) mass is 555 g/mol. The van der Waals surface area contributed by atoms with Crippen LogP contribution >= 0.6 is 11.6 Å². The Morgan fingerprint density at radius 1 is 1.02 bits per heavy atom. The van der Waals surface area contributed by atoms with E-state index in [9.17, 15) is 4.79 Å². The molecule has 1 saturated heterocycles. The number of nitrogens with zero attached hydrogens (tertiary/aromatic N) is 5. The second-order valence-electron chi connectivity index (χ2n) is 11.5. The zero-order valence-corrected chi connectivity index (χ0v) is 23.4. The Morgan fingerprint density at radius 3 is 2.67 bits per heavy atom. The van der Waals surface area contributed by atoms with Crippen LogP contribution in [0.3, 0.4) is 0 Å². The summed E-state index contributed by atoms with van der Waals surface area (Å²) in [6.07, 6.45) is 5.11. The van der Waals surface area contributed by atoms with E-state index >= 15 is 0 Å². The Hall–Kier alpha value is -3.62. The first-order valence-electron chi connectivity index (χ1n) is 14.2. The first-order chi connectivity index (χ1) is 19.5. The molecule has 40 heavy (non-hydrogen) atoms. The van der Waals surface area contributed by atoms with E-state index in [0.717, 1.165) is 55.1 Å². The molecule has 3 aliphatic rings. The number of aromatic nitrogens is 3. The van der Waals surface area contributed by atoms with Crippen LogP contribution in [-0.4, -0.2) is 58.6 Å². The van der Waals surface area contributed by atoms with Crippen molar-refractivity contribution in [1.82, 2.24) is 19.5 Å². The Bertz CT molecular complexity index is 1560. The van der Waals surface area contributed by atoms with Gasteiger partial charge in [0.05, 0.1) is 17.8 Å². The van der Waals surface area contributed by atoms with Crippen LogP contribution in [0.25, 0.3) is 5.52 Å². The number of fused-ring (bicyclic) bond motifs is 1. The molecule has 2 atom stereocenters. The molecule has 7 rings (SSSR count). The summed E-state index contributed by atoms with van der Waals surface area (Å²) in [5.74, 6) is 2.60. The van der Waals surface area contributed by atoms with Crippen molar-refractivity contribution in [1.29, 1.82) is 0 Å². The predicted molar refractivity (Wildman–Crippen MR) is 159 cm³/mol. The molecular weight excluding hydrogens is 522 g/mol. The third-order valence-corrected chi connectivity index (χ3v) is 8.61. The summed E-state index contributed by atoms with van der Waals surface area (Å²) in [5.41, 5.74) is 5.57. The largest absolute Gasteiger partial charge is 0.379 e. The van der Waals surface area contributed by atoms with Crippen molar-refractivity contribution in [3.8, 4) is 0 Å². The highest BCUT2D eigenvalue weighted by Gasteiger charge is 2.44. The number of halogens is 1. The van der Waals surface area contributed by atoms with Gasteiger partial charge in [-0.2, -0.15) is 5.10 Å². The van der Waals surface area contributed by atoms with Crippen LogP contribution in [0.15, 0.2) is 60.8 Å². The van der Waals surface area contributed by atoms with Crippen molar-refractivity contribution in [3.63, 3.8) is 0 Å². The summed E-state index contributed by atoms with van der Waals surface area (Å²) >= 11 is 6.13. The van der Waals surface area contributed by atoms with Crippen molar-refractivity contribution in [2.24, 2.45) is 5.92 Å². The van der Waals surface area contributed by atoms with Gasteiger partial charge in [-0.25, -0.2) is 9.50 Å². The van der Waals surface area contributed by atoms with Gasteiger partial charge >= 0.3 is 0 Å². The van der Waals surface area contributed by atoms with Gasteiger partial charge < -0.3 is 20.4 Å². The van der Waals surface area contributed by atoms with E-state index in [1.807, 2.05) is 36.4 Å². The maximum Gasteiger partial charge on any atom is 0.229 e. The third-order valence-electron chi connectivity index (χ3n) is 8.38. The molecule has 206 valence electrons. The molecule has 8 nitrogen and oxygen atoms in total. The van der Waals surface area contributed by atoms with Gasteiger partial charge in [-0.15, -0.1) is 0 Å². The molecule has 0 radical (unpaired) electrons. The number of amides is 1. The molecule has 2 N–H and O–H groups in total. The second-order valence-corrected chi connectivity index (χ2v) is 11.9. The molecule has 0 bridgehead atoms. The van der Waals surface area contributed by atoms with Crippen molar-refractivity contribution < 1.29 is 4.79 Å². The maximum absolute atomic E-state index is 12.9. The predicted octanol–water partition coefficient (Wildman–Crippen LogP) is 5.37. The smallest absolute Gasteiger partial charge is 0.229 e. The molecule has 4 heterocycles. The fraction of sp³-hybridized carbons (Fsp3) is 0.387. The Labute approximate surface area is 239 Å². The molecule has 1 amide bonds. The van der Waals surface area contributed by atoms with Gasteiger partial charge in [-0.3, -0.25) is 4.79 Å². The minimum Gasteiger partial charge on any atom is -0.379 e. The van der Waals surface area contributed by atoms with Gasteiger partial charge in [-0.05, 0) is 85.7 Å². The number of rotatable bonds is 8. The summed E-state index contributed by atoms with van der Waals surface area (Å²) in [6.45, 7) is 4.74. The van der Waals surface area contributed by atoms with Gasteiger partial charge in [0, 0.05) is 55.1 Å². The summed E-state index contributed by atoms with van der Waals surface area (Å²) in [6, 6.07) is 18.4. The van der Waals surface area contributed by atoms with Crippen LogP contribution < -0.4 is 15.5 Å². The molecule has 0 spiro atoms. The van der Waals surface area contributed by atoms with Crippen LogP contribution in [0.2, 0.25) is 5.02 Å². The highest BCUT2D eigenvalue weighted by atomic mass is 35.5. The van der Waals surface area contributed by atoms with E-state index in [4.69, 9.17) is 16.7 Å². The fourth-order valence-electron chi connectivity index (χ4n) is 5.77. The van der Waals surface area contributed by atoms with Crippen LogP contribution in [0, 0.1) is 5.92 Å². The SMILES string of the molecule is CN1CCN(c2cc(C3CC3)cc3cc(CNc4ccnc(NC(=O)[C@H]5C[C@@H]5c5cccc(Cl)c5)c4)nn23)CC1. The van der Waals surface area contributed by atoms with Crippen LogP contribution in [0.5, 0.6) is 0 Å². The summed E-state index contributed by atoms with van der Waals surface area (Å²) in [4.78, 5) is 22.1. The molecule has 3 fully saturated rings. The first-order valence-corrected chi connectivity index (χ1v) is 14.6. The maximum atomic E-state index is 12.9. The van der Waals surface area contributed by atoms with Gasteiger partial charge in [0.15, 0.2) is 0 Å². The Morgan fingerprint density at radius 2 is 1.88 bits per heavy atom. The van der Waals surface area contributed by atoms with Crippen molar-refractivity contribution in [2.45, 2.75) is 37.6 Å². The standard InChI is InChI=1S/C31H34ClN7O/c1-37-9-11-38(12-10-37)30-15-22(20-5-6-20)14-26-16-25(36-39(26)30)19-34-24-7-8-33-29(17-24)35-31(40)28-18-27(28)21-3-2-4-23(32)13-21/h2-4,7-8,13-17,20,27-28H,5-6,9-12,18-19H2,1H3,(H2,33,34,35,40)/t27-,28+/m1/s1. The number of piperazine rings is 1. The summed E-state index contributed by atoms with van der Waals surface area (Å²) in [5, 5.41) is 12.2. The van der Waals surface area contributed by atoms with Crippen LogP contribution in [-0.2, 0) is 11.3 Å². The minimum atomic E-state index is -0.0510. The van der Waals surface area contributed by atoms with Gasteiger partial charge in [0.2, 0.25) is 5.91 Å². The summed E-state index contributed by atoms with van der Waals surface area (Å²) < 4.78 is 2.11. The van der Waals surface area contributed by atoms with Gasteiger partial charge in [0.25, 0.3) is 0 Å². The second kappa shape index (κ2) is 10.4. The molecule has 3 aromatic heterocycles. The Kier molecular flexibility index (Phi) is 6.60. The number of nitrogens with one attached hydrogen (secondary N) is 2. The molecule has 4 aromatic rings. The number of anilines is 3. The fourth-order valence-corrected chi connectivity index (χ4v) is 5.96. The number of carbonyl (C=O) groups excluding carboxylic acids is 1. The molecule has 2 aliphatic carbocycles. The lowest BCUT2D eigenvalue weighted by Crippen LogP contribution is -2.45. The average Bonchev–Trinajstić information content (AvgIpc) is 3.88. The zero-order valence-electron chi connectivity index (χ0n) is 22.7. The number of hydrogen-bond donors (Lipinski definition) is 2. The van der Waals surface area contributed by atoms with E-state index in [2.05, 4.69) is 55.2 Å². The molecule has 0 unspecified atom stereocenters. The van der Waals surface area contributed by atoms with E-state index in [1.54, 1.807) is 6.20 Å². The molecule has 1 aliphatic heterocycles. The number of hydrogen-bond acceptors (Lipinski definition) is 6. The third kappa shape index (κ3) is 5.38. The molecule has 2 saturated carbocycles. The lowest BCUT2D eigenvalue weighted by atomic mass is 10.1. The number of carbonyl (C=O) groups is 1. The van der Waals surface area contributed by atoms with E-state index in [0.29, 0.717) is 23.3 Å². The number of pyridine rings is 2. The molecule has 9 heteroatoms. The highest BCUT2D eigenvalue weighted by molar-refractivity contribution is 6.30. The topological polar surface area (TPSA) is 77.8 Å². The van der Waals surface area contributed by atoms with Crippen molar-refractivity contribution in [3.05, 3.63) is 82.6 Å². The van der Waals surface area contributed by atoms with Crippen molar-refractivity contribution >= 4 is 40.3 Å². The Balaban J connectivity index is 1.03. The van der Waals surface area contributed by atoms with E-state index in [-0.39, 0.29) is 17.7 Å². The normalized spacial score (nSPS) is 21.0. The van der Waals surface area contributed by atoms with E-state index in [1.165, 1.54) is 24.2 Å². The number of likely N-dealkylation sites (N-methyl/N-ethyl adjacent to an activating group) is 1. The van der Waals surface area contributed by atoms with Crippen molar-refractivity contribution in [2.75, 3.05) is 48.8 Å². The lowest BCUT2D eigenvalue weighted by Gasteiger charge is -2.34. The van der Waals surface area contributed by atoms with Crippen LogP contribution in [0.1, 0.15) is 47.9 Å². The van der Waals surface area contributed by atoms with Crippen LogP contribution in [0.4, 0.5) is 17.3 Å². The quantitative estimate of drug-likeness (QED) is 0.304. The van der Waals surface area contributed by atoms with Gasteiger partial charge in [0.1, 0.15) is 11.6 Å². The number of benzene rings is 1. The first kappa shape index (κ1) is 25.4. The summed E-state index contributed by atoms with van der Waals surface area (Å²) in [7, 11) is 2.19. The van der Waals surface area contributed by atoms with Gasteiger partial charge in [-0.1, -0.05) is 23.7 Å². The lowest BCUT2D eigenvalue weighted by molar-refractivity contribution is -0.117.